The molecular formula is C27H39N3O9S2. The first kappa shape index (κ1) is 34.3. The highest BCUT2D eigenvalue weighted by Gasteiger charge is 2.30. The molecule has 41 heavy (non-hydrogen) atoms. The molecule has 2 heterocycles. The van der Waals surface area contributed by atoms with Gasteiger partial charge in [0.25, 0.3) is 20.2 Å². The van der Waals surface area contributed by atoms with Crippen molar-refractivity contribution >= 4 is 32.1 Å². The van der Waals surface area contributed by atoms with Crippen LogP contribution in [0, 0.1) is 0 Å². The highest BCUT2D eigenvalue weighted by atomic mass is 32.2. The molecule has 4 rings (SSSR count). The van der Waals surface area contributed by atoms with Crippen LogP contribution in [-0.4, -0.2) is 105 Å². The van der Waals surface area contributed by atoms with Gasteiger partial charge in [0, 0.05) is 51.6 Å². The fraction of sp³-hybridized carbons (Fsp3) is 0.481. The van der Waals surface area contributed by atoms with Gasteiger partial charge < -0.3 is 10.1 Å². The van der Waals surface area contributed by atoms with Crippen LogP contribution in [0.2, 0.25) is 0 Å². The molecule has 12 nitrogen and oxygen atoms in total. The van der Waals surface area contributed by atoms with Crippen molar-refractivity contribution in [3.63, 3.8) is 0 Å². The number of hydrogen-bond acceptors (Lipinski definition) is 9. The molecule has 3 N–H and O–H groups in total. The molecule has 0 saturated carbocycles. The number of ether oxygens (including phenoxy) is 1. The minimum absolute atomic E-state index is 0.0317. The molecule has 2 aromatic carbocycles. The minimum Gasteiger partial charge on any atom is -0.494 e. The van der Waals surface area contributed by atoms with Gasteiger partial charge in [0.1, 0.15) is 5.75 Å². The van der Waals surface area contributed by atoms with Gasteiger partial charge in [-0.3, -0.25) is 28.5 Å². The van der Waals surface area contributed by atoms with Crippen molar-refractivity contribution in [2.24, 2.45) is 0 Å². The number of rotatable bonds is 9. The molecular weight excluding hydrogens is 574 g/mol. The topological polar surface area (TPSA) is 171 Å². The number of likely N-dealkylation sites (tertiary alicyclic amines) is 1. The Bertz CT molecular complexity index is 1260. The maximum Gasteiger partial charge on any atom is 0.261 e. The predicted molar refractivity (Wildman–Crippen MR) is 155 cm³/mol. The highest BCUT2D eigenvalue weighted by molar-refractivity contribution is 7.85. The zero-order valence-electron chi connectivity index (χ0n) is 23.3. The molecule has 1 atom stereocenters. The number of carbonyl (C=O) groups is 2. The first-order chi connectivity index (χ1) is 19.2. The van der Waals surface area contributed by atoms with Crippen molar-refractivity contribution in [2.75, 3.05) is 51.8 Å². The first-order valence-corrected chi connectivity index (χ1v) is 16.8. The molecule has 0 spiro atoms. The maximum absolute atomic E-state index is 11.8. The first-order valence-electron chi connectivity index (χ1n) is 13.1. The zero-order valence-corrected chi connectivity index (χ0v) is 24.9. The number of nitrogens with one attached hydrogen (secondary N) is 1. The highest BCUT2D eigenvalue weighted by Crippen LogP contribution is 2.17. The predicted octanol–water partition coefficient (Wildman–Crippen LogP) is 1.48. The van der Waals surface area contributed by atoms with Crippen molar-refractivity contribution in [3.8, 4) is 5.75 Å². The van der Waals surface area contributed by atoms with Gasteiger partial charge in [-0.25, -0.2) is 0 Å². The average molecular weight is 614 g/mol. The molecule has 14 heteroatoms. The van der Waals surface area contributed by atoms with Crippen molar-refractivity contribution in [2.45, 2.75) is 31.7 Å². The number of imide groups is 1. The standard InChI is InChI=1S/C25H31N3O3.2CH4O3S/c29-24-10-11-25(30)28(24)16-15-27-14-13-26-19-22(27)12-17-31-23-8-6-21(7-9-23)18-20-4-2-1-3-5-20;2*1-5(2,3)4/h1-9,22,26H,10-19H2;2*1H3,(H,2,3,4). The summed E-state index contributed by atoms with van der Waals surface area (Å²) < 4.78 is 57.7. The van der Waals surface area contributed by atoms with Crippen molar-refractivity contribution in [3.05, 3.63) is 65.7 Å². The number of piperazine rings is 1. The fourth-order valence-electron chi connectivity index (χ4n) is 4.33. The van der Waals surface area contributed by atoms with E-state index in [0.29, 0.717) is 44.5 Å². The van der Waals surface area contributed by atoms with E-state index in [4.69, 9.17) is 13.8 Å². The third-order valence-corrected chi connectivity index (χ3v) is 6.13. The summed E-state index contributed by atoms with van der Waals surface area (Å²) in [6, 6.07) is 19.1. The fourth-order valence-corrected chi connectivity index (χ4v) is 4.33. The lowest BCUT2D eigenvalue weighted by Crippen LogP contribution is -2.53. The van der Waals surface area contributed by atoms with Crippen LogP contribution < -0.4 is 10.1 Å². The molecule has 0 aliphatic carbocycles. The molecule has 0 aromatic heterocycles. The van der Waals surface area contributed by atoms with E-state index in [1.54, 1.807) is 0 Å². The van der Waals surface area contributed by atoms with Crippen molar-refractivity contribution < 1.29 is 40.3 Å². The molecule has 228 valence electrons. The van der Waals surface area contributed by atoms with Gasteiger partial charge in [-0.15, -0.1) is 0 Å². The lowest BCUT2D eigenvalue weighted by Gasteiger charge is -2.36. The number of nitrogens with zero attached hydrogens (tertiary/aromatic N) is 2. The van der Waals surface area contributed by atoms with Crippen LogP contribution in [0.5, 0.6) is 5.75 Å². The Morgan fingerprint density at radius 2 is 1.39 bits per heavy atom. The van der Waals surface area contributed by atoms with Crippen LogP contribution in [0.3, 0.4) is 0 Å². The van der Waals surface area contributed by atoms with Crippen LogP contribution in [0.4, 0.5) is 0 Å². The second kappa shape index (κ2) is 16.5. The average Bonchev–Trinajstić information content (AvgIpc) is 3.20. The third kappa shape index (κ3) is 15.6. The number of carbonyl (C=O) groups excluding carboxylic acids is 2. The van der Waals surface area contributed by atoms with Gasteiger partial charge in [0.05, 0.1) is 19.1 Å². The summed E-state index contributed by atoms with van der Waals surface area (Å²) >= 11 is 0. The minimum atomic E-state index is -3.67. The van der Waals surface area contributed by atoms with Crippen molar-refractivity contribution in [1.29, 1.82) is 0 Å². The van der Waals surface area contributed by atoms with E-state index >= 15 is 0 Å². The molecule has 2 amide bonds. The number of benzene rings is 2. The van der Waals surface area contributed by atoms with Crippen LogP contribution in [-0.2, 0) is 36.2 Å². The second-order valence-corrected chi connectivity index (χ2v) is 12.7. The Morgan fingerprint density at radius 3 is 1.95 bits per heavy atom. The molecule has 2 aliphatic rings. The second-order valence-electron chi connectivity index (χ2n) is 9.74. The van der Waals surface area contributed by atoms with E-state index in [9.17, 15) is 26.4 Å². The molecule has 2 aliphatic heterocycles. The zero-order chi connectivity index (χ0) is 30.5. The van der Waals surface area contributed by atoms with Crippen LogP contribution in [0.15, 0.2) is 54.6 Å². The molecule has 0 radical (unpaired) electrons. The van der Waals surface area contributed by atoms with E-state index in [1.165, 1.54) is 16.0 Å². The summed E-state index contributed by atoms with van der Waals surface area (Å²) in [5, 5.41) is 3.44. The van der Waals surface area contributed by atoms with Gasteiger partial charge in [0.2, 0.25) is 11.8 Å². The number of hydrogen-bond donors (Lipinski definition) is 3. The van der Waals surface area contributed by atoms with E-state index in [2.05, 4.69) is 46.6 Å². The van der Waals surface area contributed by atoms with Gasteiger partial charge in [-0.1, -0.05) is 42.5 Å². The lowest BCUT2D eigenvalue weighted by atomic mass is 10.1. The Hall–Kier alpha value is -2.88. The van der Waals surface area contributed by atoms with Crippen molar-refractivity contribution in [1.82, 2.24) is 15.1 Å². The Kier molecular flexibility index (Phi) is 13.8. The number of amides is 2. The van der Waals surface area contributed by atoms with Gasteiger partial charge in [-0.05, 0) is 36.1 Å². The van der Waals surface area contributed by atoms with Crippen LogP contribution >= 0.6 is 0 Å². The maximum atomic E-state index is 11.8. The monoisotopic (exact) mass is 613 g/mol. The SMILES string of the molecule is CS(=O)(=O)O.CS(=O)(=O)O.O=C1CCC(=O)N1CCN1CCNCC1CCOc1ccc(Cc2ccccc2)cc1. The Balaban J connectivity index is 0.000000507. The summed E-state index contributed by atoms with van der Waals surface area (Å²) in [5.41, 5.74) is 2.57. The van der Waals surface area contributed by atoms with E-state index in [0.717, 1.165) is 44.8 Å². The van der Waals surface area contributed by atoms with Crippen LogP contribution in [0.25, 0.3) is 0 Å². The molecule has 2 fully saturated rings. The normalized spacial score (nSPS) is 17.8. The molecule has 0 bridgehead atoms. The van der Waals surface area contributed by atoms with Crippen LogP contribution in [0.1, 0.15) is 30.4 Å². The van der Waals surface area contributed by atoms with E-state index < -0.39 is 20.2 Å². The largest absolute Gasteiger partial charge is 0.494 e. The molecule has 1 unspecified atom stereocenters. The van der Waals surface area contributed by atoms with Gasteiger partial charge >= 0.3 is 0 Å². The third-order valence-electron chi connectivity index (χ3n) is 6.13. The lowest BCUT2D eigenvalue weighted by molar-refractivity contribution is -0.138. The Morgan fingerprint density at radius 1 is 0.854 bits per heavy atom. The smallest absolute Gasteiger partial charge is 0.261 e. The van der Waals surface area contributed by atoms with Gasteiger partial charge in [0.15, 0.2) is 0 Å². The summed E-state index contributed by atoms with van der Waals surface area (Å²) in [5.74, 6) is 0.826. The summed E-state index contributed by atoms with van der Waals surface area (Å²) in [6.45, 7) is 4.64. The van der Waals surface area contributed by atoms with E-state index in [-0.39, 0.29) is 11.8 Å². The molecule has 2 aromatic rings. The summed E-state index contributed by atoms with van der Waals surface area (Å²) in [4.78, 5) is 27.5. The van der Waals surface area contributed by atoms with Gasteiger partial charge in [-0.2, -0.15) is 16.8 Å². The summed E-state index contributed by atoms with van der Waals surface area (Å²) in [7, 11) is -7.33. The quantitative estimate of drug-likeness (QED) is 0.276. The summed E-state index contributed by atoms with van der Waals surface area (Å²) in [6.07, 6.45) is 3.98. The Labute approximate surface area is 242 Å². The van der Waals surface area contributed by atoms with E-state index in [1.807, 2.05) is 18.2 Å². The molecule has 2 saturated heterocycles.